The van der Waals surface area contributed by atoms with Gasteiger partial charge in [0.2, 0.25) is 18.3 Å². The molecule has 1 aromatic heterocycles. The number of phenols is 3. The second kappa shape index (κ2) is 15.3. The van der Waals surface area contributed by atoms with E-state index in [1.165, 1.54) is 12.1 Å². The van der Waals surface area contributed by atoms with Crippen molar-refractivity contribution in [2.75, 3.05) is 19.8 Å². The number of hydrogen-bond donors (Lipinski definition) is 13. The molecule has 20 nitrogen and oxygen atoms in total. The SMILES string of the molecule is OC[C@H]1O[C@@H](Oc2cc(O)cc3[o+]c(-c4ccc(O)c(O)c4)c(O[C@@H]4O[C@H](CO)[C@@H](O)[C@H](O)[C@H]4O[C@@H]4OC[C@@H](O)[C@H](O)[C@H]4O)cc23)[C@H](O)[C@@H](O)[C@H]1O. The molecule has 3 fully saturated rings. The van der Waals surface area contributed by atoms with E-state index in [1.807, 2.05) is 0 Å². The Morgan fingerprint density at radius 1 is 0.635 bits per heavy atom. The van der Waals surface area contributed by atoms with E-state index in [2.05, 4.69) is 0 Å². The molecular formula is C32H39O20+. The highest BCUT2D eigenvalue weighted by molar-refractivity contribution is 5.89. The molecule has 20 heteroatoms. The molecule has 2 aromatic carbocycles. The van der Waals surface area contributed by atoms with Crippen LogP contribution in [0.5, 0.6) is 28.7 Å². The average Bonchev–Trinajstić information content (AvgIpc) is 3.12. The number of aliphatic hydroxyl groups excluding tert-OH is 10. The van der Waals surface area contributed by atoms with Crippen molar-refractivity contribution >= 4 is 11.0 Å². The van der Waals surface area contributed by atoms with Gasteiger partial charge in [0.05, 0.1) is 31.5 Å². The van der Waals surface area contributed by atoms with Gasteiger partial charge in [-0.2, -0.15) is 0 Å². The van der Waals surface area contributed by atoms with E-state index in [-0.39, 0.29) is 33.8 Å². The zero-order valence-corrected chi connectivity index (χ0v) is 26.8. The molecule has 3 saturated heterocycles. The maximum atomic E-state index is 11.1. The predicted molar refractivity (Wildman–Crippen MR) is 166 cm³/mol. The Labute approximate surface area is 292 Å². The highest BCUT2D eigenvalue weighted by Gasteiger charge is 2.51. The lowest BCUT2D eigenvalue weighted by atomic mass is 9.98. The first-order valence-corrected chi connectivity index (χ1v) is 16.0. The number of benzene rings is 2. The van der Waals surface area contributed by atoms with Gasteiger partial charge in [0.25, 0.3) is 0 Å². The summed E-state index contributed by atoms with van der Waals surface area (Å²) in [6, 6.07) is 6.98. The van der Waals surface area contributed by atoms with Gasteiger partial charge >= 0.3 is 11.3 Å². The summed E-state index contributed by atoms with van der Waals surface area (Å²) in [7, 11) is 0. The first-order chi connectivity index (χ1) is 24.7. The van der Waals surface area contributed by atoms with Crippen molar-refractivity contribution in [1.29, 1.82) is 0 Å². The fraction of sp³-hybridized carbons (Fsp3) is 0.531. The van der Waals surface area contributed by atoms with Gasteiger partial charge < -0.3 is 94.8 Å². The second-order valence-electron chi connectivity index (χ2n) is 12.5. The van der Waals surface area contributed by atoms with Crippen molar-refractivity contribution in [1.82, 2.24) is 0 Å². The summed E-state index contributed by atoms with van der Waals surface area (Å²) in [5.41, 5.74) is -0.0653. The van der Waals surface area contributed by atoms with Crippen molar-refractivity contribution in [2.24, 2.45) is 0 Å². The van der Waals surface area contributed by atoms with Crippen LogP contribution in [0.2, 0.25) is 0 Å². The fourth-order valence-electron chi connectivity index (χ4n) is 5.99. The summed E-state index contributed by atoms with van der Waals surface area (Å²) in [6.07, 6.45) is -23.8. The third-order valence-electron chi connectivity index (χ3n) is 8.94. The highest BCUT2D eigenvalue weighted by Crippen LogP contribution is 2.43. The van der Waals surface area contributed by atoms with Crippen LogP contribution in [0.15, 0.2) is 40.8 Å². The van der Waals surface area contributed by atoms with E-state index in [9.17, 15) is 66.4 Å². The monoisotopic (exact) mass is 743 g/mol. The Hall–Kier alpha value is -3.71. The van der Waals surface area contributed by atoms with Crippen LogP contribution in [-0.2, 0) is 18.9 Å². The van der Waals surface area contributed by atoms with Gasteiger partial charge in [-0.1, -0.05) is 0 Å². The maximum absolute atomic E-state index is 11.1. The standard InChI is InChI=1S/C32H38O20/c33-7-19-22(40)24(42)27(45)31(50-19)48-17-5-11(35)4-16-12(17)6-18(28(47-16)10-1-2-13(36)14(37)3-10)49-32-29(25(43)23(41)20(8-34)51-32)52-30-26(44)21(39)15(38)9-46-30/h1-6,15,19-27,29-34,38-45H,7-9H2,(H2-,35,36,37)/p+1/t15-,19-,20-,21+,22+,23-,24+,25+,26-,27-,29-,30+,31-,32-/m1/s1. The van der Waals surface area contributed by atoms with Crippen LogP contribution in [0.3, 0.4) is 0 Å². The van der Waals surface area contributed by atoms with Gasteiger partial charge in [-0.3, -0.25) is 0 Å². The molecule has 0 bridgehead atoms. The molecule has 0 unspecified atom stereocenters. The van der Waals surface area contributed by atoms with Crippen LogP contribution >= 0.6 is 0 Å². The van der Waals surface area contributed by atoms with Crippen LogP contribution in [0, 0.1) is 0 Å². The predicted octanol–water partition coefficient (Wildman–Crippen LogP) is -3.68. The molecule has 0 radical (unpaired) electrons. The van der Waals surface area contributed by atoms with E-state index in [1.54, 1.807) is 0 Å². The number of hydrogen-bond acceptors (Lipinski definition) is 19. The van der Waals surface area contributed by atoms with E-state index in [0.717, 1.165) is 24.3 Å². The number of aliphatic hydroxyl groups is 10. The molecule has 4 heterocycles. The van der Waals surface area contributed by atoms with Gasteiger partial charge in [-0.15, -0.1) is 0 Å². The van der Waals surface area contributed by atoms with Gasteiger partial charge in [-0.05, 0) is 12.1 Å². The van der Waals surface area contributed by atoms with E-state index in [4.69, 9.17) is 32.8 Å². The third kappa shape index (κ3) is 7.27. The molecule has 3 aliphatic rings. The Morgan fingerprint density at radius 2 is 1.27 bits per heavy atom. The molecule has 3 aromatic rings. The lowest BCUT2D eigenvalue weighted by Gasteiger charge is -2.44. The summed E-state index contributed by atoms with van der Waals surface area (Å²) in [4.78, 5) is 0. The number of ether oxygens (including phenoxy) is 6. The topological polar surface area (TPSA) is 330 Å². The zero-order valence-electron chi connectivity index (χ0n) is 26.8. The molecule has 3 aliphatic heterocycles. The second-order valence-corrected chi connectivity index (χ2v) is 12.5. The van der Waals surface area contributed by atoms with Crippen LogP contribution in [-0.4, -0.2) is 172 Å². The lowest BCUT2D eigenvalue weighted by Crippen LogP contribution is -2.63. The first-order valence-electron chi connectivity index (χ1n) is 16.0. The third-order valence-corrected chi connectivity index (χ3v) is 8.94. The highest BCUT2D eigenvalue weighted by atomic mass is 16.8. The summed E-state index contributed by atoms with van der Waals surface area (Å²) < 4.78 is 40.3. The largest absolute Gasteiger partial charge is 0.507 e. The minimum absolute atomic E-state index is 0.0211. The van der Waals surface area contributed by atoms with Crippen molar-refractivity contribution < 1.29 is 99.2 Å². The van der Waals surface area contributed by atoms with Gasteiger partial charge in [0.1, 0.15) is 77.9 Å². The molecule has 52 heavy (non-hydrogen) atoms. The Balaban J connectivity index is 1.44. The van der Waals surface area contributed by atoms with Crippen molar-refractivity contribution in [3.05, 3.63) is 36.4 Å². The molecule has 0 saturated carbocycles. The van der Waals surface area contributed by atoms with E-state index >= 15 is 0 Å². The number of fused-ring (bicyclic) bond motifs is 1. The molecule has 0 amide bonds. The first kappa shape index (κ1) is 38.0. The minimum atomic E-state index is -1.89. The normalized spacial score (nSPS) is 36.8. The van der Waals surface area contributed by atoms with Crippen molar-refractivity contribution in [3.63, 3.8) is 0 Å². The number of aromatic hydroxyl groups is 3. The molecule has 13 N–H and O–H groups in total. The quantitative estimate of drug-likeness (QED) is 0.0741. The molecule has 6 rings (SSSR count). The number of rotatable bonds is 9. The van der Waals surface area contributed by atoms with Crippen molar-refractivity contribution in [3.8, 4) is 40.1 Å². The Bertz CT molecular complexity index is 1710. The molecule has 286 valence electrons. The molecule has 0 spiro atoms. The van der Waals surface area contributed by atoms with Gasteiger partial charge in [-0.25, -0.2) is 4.42 Å². The van der Waals surface area contributed by atoms with Crippen molar-refractivity contribution in [2.45, 2.75) is 86.0 Å². The molecule has 14 atom stereocenters. The Kier molecular flexibility index (Phi) is 11.2. The zero-order chi connectivity index (χ0) is 37.6. The van der Waals surface area contributed by atoms with E-state index in [0.29, 0.717) is 0 Å². The van der Waals surface area contributed by atoms with Crippen LogP contribution < -0.4 is 9.47 Å². The average molecular weight is 744 g/mol. The van der Waals surface area contributed by atoms with Gasteiger partial charge in [0, 0.05) is 18.2 Å². The fourth-order valence-corrected chi connectivity index (χ4v) is 5.99. The molecule has 0 aliphatic carbocycles. The maximum Gasteiger partial charge on any atom is 0.402 e. The summed E-state index contributed by atoms with van der Waals surface area (Å²) in [6.45, 7) is -2.07. The smallest absolute Gasteiger partial charge is 0.402 e. The number of phenolic OH excluding ortho intramolecular Hbond substituents is 3. The van der Waals surface area contributed by atoms with Crippen LogP contribution in [0.25, 0.3) is 22.3 Å². The Morgan fingerprint density at radius 3 is 1.94 bits per heavy atom. The summed E-state index contributed by atoms with van der Waals surface area (Å²) in [5, 5.41) is 134. The summed E-state index contributed by atoms with van der Waals surface area (Å²) >= 11 is 0. The van der Waals surface area contributed by atoms with E-state index < -0.39 is 123 Å². The lowest BCUT2D eigenvalue weighted by molar-refractivity contribution is -0.344. The van der Waals surface area contributed by atoms with Gasteiger partial charge in [0.15, 0.2) is 23.9 Å². The summed E-state index contributed by atoms with van der Waals surface area (Å²) in [5.74, 6) is -2.30. The van der Waals surface area contributed by atoms with Crippen LogP contribution in [0.1, 0.15) is 0 Å². The minimum Gasteiger partial charge on any atom is -0.507 e. The molecular weight excluding hydrogens is 704 g/mol. The van der Waals surface area contributed by atoms with Crippen LogP contribution in [0.4, 0.5) is 0 Å².